The monoisotopic (exact) mass is 405 g/mol. The molecule has 2 aromatic heterocycles. The Kier molecular flexibility index (Phi) is 6.21. The number of hydrogen-bond acceptors (Lipinski definition) is 7. The molecular formula is C19H27N5O3S. The number of rotatable bonds is 6. The highest BCUT2D eigenvalue weighted by Gasteiger charge is 2.25. The van der Waals surface area contributed by atoms with Crippen LogP contribution in [-0.2, 0) is 16.1 Å². The highest BCUT2D eigenvalue weighted by molar-refractivity contribution is 7.99. The molecule has 4 heterocycles. The van der Waals surface area contributed by atoms with Crippen LogP contribution in [0.2, 0.25) is 0 Å². The Labute approximate surface area is 169 Å². The number of amides is 1. The number of carbonyl (C=O) groups is 1. The summed E-state index contributed by atoms with van der Waals surface area (Å²) in [5, 5.41) is 9.64. The molecule has 0 bridgehead atoms. The first-order valence-corrected chi connectivity index (χ1v) is 10.9. The van der Waals surface area contributed by atoms with Crippen molar-refractivity contribution in [2.45, 2.75) is 31.5 Å². The molecule has 152 valence electrons. The van der Waals surface area contributed by atoms with Crippen LogP contribution in [0.15, 0.2) is 28.0 Å². The molecule has 1 amide bonds. The summed E-state index contributed by atoms with van der Waals surface area (Å²) < 4.78 is 13.0. The van der Waals surface area contributed by atoms with Gasteiger partial charge in [0.15, 0.2) is 5.16 Å². The van der Waals surface area contributed by atoms with Crippen molar-refractivity contribution in [3.63, 3.8) is 0 Å². The van der Waals surface area contributed by atoms with Crippen LogP contribution >= 0.6 is 11.8 Å². The van der Waals surface area contributed by atoms with Crippen molar-refractivity contribution >= 4 is 23.6 Å². The number of thioether (sulfide) groups is 1. The number of aromatic nitrogens is 3. The van der Waals surface area contributed by atoms with Gasteiger partial charge in [0.1, 0.15) is 5.76 Å². The summed E-state index contributed by atoms with van der Waals surface area (Å²) in [5.41, 5.74) is 0. The number of ether oxygens (including phenoxy) is 1. The van der Waals surface area contributed by atoms with Crippen LogP contribution in [0.25, 0.3) is 0 Å². The van der Waals surface area contributed by atoms with Crippen LogP contribution in [0.3, 0.4) is 0 Å². The lowest BCUT2D eigenvalue weighted by Gasteiger charge is -2.31. The first-order chi connectivity index (χ1) is 13.7. The maximum atomic E-state index is 12.5. The Morgan fingerprint density at radius 1 is 1.29 bits per heavy atom. The number of carbonyl (C=O) groups excluding carboxylic acids is 1. The normalized spacial score (nSPS) is 20.5. The van der Waals surface area contributed by atoms with Crippen LogP contribution < -0.4 is 4.90 Å². The highest BCUT2D eigenvalue weighted by atomic mass is 32.2. The molecule has 2 aliphatic rings. The zero-order valence-electron chi connectivity index (χ0n) is 16.2. The summed E-state index contributed by atoms with van der Waals surface area (Å²) in [7, 11) is 0. The molecule has 9 heteroatoms. The van der Waals surface area contributed by atoms with E-state index in [0.29, 0.717) is 44.5 Å². The van der Waals surface area contributed by atoms with E-state index in [1.54, 1.807) is 6.26 Å². The van der Waals surface area contributed by atoms with E-state index in [1.165, 1.54) is 18.2 Å². The van der Waals surface area contributed by atoms with E-state index >= 15 is 0 Å². The fourth-order valence-corrected chi connectivity index (χ4v) is 4.56. The van der Waals surface area contributed by atoms with Crippen LogP contribution in [-0.4, -0.2) is 70.7 Å². The van der Waals surface area contributed by atoms with Crippen LogP contribution in [0.4, 0.5) is 5.95 Å². The molecule has 2 saturated heterocycles. The molecule has 2 aliphatic heterocycles. The van der Waals surface area contributed by atoms with E-state index in [4.69, 9.17) is 9.15 Å². The van der Waals surface area contributed by atoms with Crippen LogP contribution in [0, 0.1) is 5.92 Å². The Hall–Kier alpha value is -2.00. The number of furan rings is 1. The standard InChI is InChI=1S/C19H27N5O3S/c1-15-4-2-6-23(12-15)18-20-21-19(24(18)13-16-5-3-9-27-16)28-14-17(25)22-7-10-26-11-8-22/h3,5,9,15H,2,4,6-8,10-14H2,1H3. The van der Waals surface area contributed by atoms with Gasteiger partial charge >= 0.3 is 0 Å². The predicted octanol–water partition coefficient (Wildman–Crippen LogP) is 2.11. The van der Waals surface area contributed by atoms with Crippen molar-refractivity contribution in [1.82, 2.24) is 19.7 Å². The summed E-state index contributed by atoms with van der Waals surface area (Å²) >= 11 is 1.45. The van der Waals surface area contributed by atoms with E-state index in [1.807, 2.05) is 17.0 Å². The second-order valence-electron chi connectivity index (χ2n) is 7.42. The van der Waals surface area contributed by atoms with Gasteiger partial charge in [0.05, 0.1) is 31.8 Å². The second kappa shape index (κ2) is 9.00. The third kappa shape index (κ3) is 4.52. The molecule has 2 aromatic rings. The molecule has 1 atom stereocenters. The van der Waals surface area contributed by atoms with Gasteiger partial charge in [-0.25, -0.2) is 0 Å². The third-order valence-electron chi connectivity index (χ3n) is 5.22. The molecule has 28 heavy (non-hydrogen) atoms. The van der Waals surface area contributed by atoms with Gasteiger partial charge in [0, 0.05) is 26.2 Å². The number of morpholine rings is 1. The SMILES string of the molecule is CC1CCCN(c2nnc(SCC(=O)N3CCOCC3)n2Cc2ccco2)C1. The lowest BCUT2D eigenvalue weighted by atomic mass is 10.0. The predicted molar refractivity (Wildman–Crippen MR) is 107 cm³/mol. The quantitative estimate of drug-likeness (QED) is 0.681. The van der Waals surface area contributed by atoms with E-state index in [0.717, 1.165) is 36.4 Å². The number of piperidine rings is 1. The van der Waals surface area contributed by atoms with Gasteiger partial charge in [0.25, 0.3) is 0 Å². The third-order valence-corrected chi connectivity index (χ3v) is 6.17. The van der Waals surface area contributed by atoms with Gasteiger partial charge < -0.3 is 19.0 Å². The average Bonchev–Trinajstić information content (AvgIpc) is 3.37. The molecular weight excluding hydrogens is 378 g/mol. The number of anilines is 1. The van der Waals surface area contributed by atoms with E-state index in [-0.39, 0.29) is 5.91 Å². The fourth-order valence-electron chi connectivity index (χ4n) is 3.72. The summed E-state index contributed by atoms with van der Waals surface area (Å²) in [6.07, 6.45) is 4.09. The number of hydrogen-bond donors (Lipinski definition) is 0. The molecule has 0 spiro atoms. The van der Waals surface area contributed by atoms with Crippen molar-refractivity contribution in [3.05, 3.63) is 24.2 Å². The summed E-state index contributed by atoms with van der Waals surface area (Å²) in [4.78, 5) is 16.7. The van der Waals surface area contributed by atoms with Crippen LogP contribution in [0.1, 0.15) is 25.5 Å². The Morgan fingerprint density at radius 2 is 2.14 bits per heavy atom. The van der Waals surface area contributed by atoms with Crippen LogP contribution in [0.5, 0.6) is 0 Å². The number of nitrogens with zero attached hydrogens (tertiary/aromatic N) is 5. The first kappa shape index (κ1) is 19.3. The minimum atomic E-state index is 0.119. The van der Waals surface area contributed by atoms with Gasteiger partial charge in [-0.15, -0.1) is 10.2 Å². The maximum absolute atomic E-state index is 12.5. The minimum Gasteiger partial charge on any atom is -0.467 e. The van der Waals surface area contributed by atoms with Gasteiger partial charge in [-0.05, 0) is 30.9 Å². The summed E-state index contributed by atoms with van der Waals surface area (Å²) in [6, 6.07) is 3.84. The summed E-state index contributed by atoms with van der Waals surface area (Å²) in [6.45, 7) is 7.35. The average molecular weight is 406 g/mol. The largest absolute Gasteiger partial charge is 0.467 e. The van der Waals surface area contributed by atoms with Gasteiger partial charge in [-0.2, -0.15) is 0 Å². The molecule has 1 unspecified atom stereocenters. The van der Waals surface area contributed by atoms with E-state index < -0.39 is 0 Å². The topological polar surface area (TPSA) is 76.6 Å². The zero-order chi connectivity index (χ0) is 19.3. The highest BCUT2D eigenvalue weighted by Crippen LogP contribution is 2.27. The fraction of sp³-hybridized carbons (Fsp3) is 0.632. The minimum absolute atomic E-state index is 0.119. The van der Waals surface area contributed by atoms with Gasteiger partial charge in [0.2, 0.25) is 11.9 Å². The molecule has 0 aliphatic carbocycles. The second-order valence-corrected chi connectivity index (χ2v) is 8.37. The lowest BCUT2D eigenvalue weighted by molar-refractivity contribution is -0.132. The maximum Gasteiger partial charge on any atom is 0.233 e. The Morgan fingerprint density at radius 3 is 2.89 bits per heavy atom. The van der Waals surface area contributed by atoms with E-state index in [9.17, 15) is 4.79 Å². The molecule has 0 aromatic carbocycles. The van der Waals surface area contributed by atoms with Crippen molar-refractivity contribution in [1.29, 1.82) is 0 Å². The zero-order valence-corrected chi connectivity index (χ0v) is 17.1. The van der Waals surface area contributed by atoms with Crippen molar-refractivity contribution in [3.8, 4) is 0 Å². The smallest absolute Gasteiger partial charge is 0.233 e. The molecule has 0 N–H and O–H groups in total. The summed E-state index contributed by atoms with van der Waals surface area (Å²) in [5.74, 6) is 2.83. The Bertz CT molecular complexity index is 773. The molecule has 2 fully saturated rings. The lowest BCUT2D eigenvalue weighted by Crippen LogP contribution is -2.41. The van der Waals surface area contributed by atoms with E-state index in [2.05, 4.69) is 26.6 Å². The van der Waals surface area contributed by atoms with Gasteiger partial charge in [-0.3, -0.25) is 9.36 Å². The van der Waals surface area contributed by atoms with Crippen molar-refractivity contribution in [2.24, 2.45) is 5.92 Å². The molecule has 0 radical (unpaired) electrons. The Balaban J connectivity index is 1.49. The molecule has 4 rings (SSSR count). The molecule has 0 saturated carbocycles. The van der Waals surface area contributed by atoms with Crippen molar-refractivity contribution in [2.75, 3.05) is 50.0 Å². The van der Waals surface area contributed by atoms with Crippen molar-refractivity contribution < 1.29 is 13.9 Å². The van der Waals surface area contributed by atoms with Gasteiger partial charge in [-0.1, -0.05) is 18.7 Å². The molecule has 8 nitrogen and oxygen atoms in total. The first-order valence-electron chi connectivity index (χ1n) is 9.89.